The van der Waals surface area contributed by atoms with Crippen LogP contribution >= 0.6 is 0 Å². The van der Waals surface area contributed by atoms with Crippen LogP contribution in [0.15, 0.2) is 16.9 Å². The molecule has 0 amide bonds. The summed E-state index contributed by atoms with van der Waals surface area (Å²) < 4.78 is 0. The van der Waals surface area contributed by atoms with Crippen LogP contribution < -0.4 is 5.43 Å². The molecule has 0 aromatic carbocycles. The number of nitrogens with one attached hydrogen (secondary N) is 1. The summed E-state index contributed by atoms with van der Waals surface area (Å²) in [5.74, 6) is 0. The molecular formula is C15H26N6. The van der Waals surface area contributed by atoms with Crippen LogP contribution in [0.2, 0.25) is 0 Å². The fourth-order valence-corrected chi connectivity index (χ4v) is 3.34. The van der Waals surface area contributed by atoms with Gasteiger partial charge >= 0.3 is 0 Å². The van der Waals surface area contributed by atoms with Crippen molar-refractivity contribution in [2.45, 2.75) is 39.0 Å². The third-order valence-electron chi connectivity index (χ3n) is 5.09. The molecule has 6 unspecified atom stereocenters. The van der Waals surface area contributed by atoms with Crippen molar-refractivity contribution in [3.05, 3.63) is 11.8 Å². The first-order chi connectivity index (χ1) is 10.2. The highest BCUT2D eigenvalue weighted by atomic mass is 15.8. The Morgan fingerprint density at radius 1 is 1.00 bits per heavy atom. The molecule has 4 rings (SSSR count). The van der Waals surface area contributed by atoms with Crippen molar-refractivity contribution in [3.8, 4) is 0 Å². The highest BCUT2D eigenvalue weighted by Crippen LogP contribution is 2.30. The fraction of sp³-hybridized carbons (Fsp3) is 0.800. The number of hydrogen-bond donors (Lipinski definition) is 1. The Labute approximate surface area is 127 Å². The topological polar surface area (TPSA) is 36.7 Å². The minimum Gasteiger partial charge on any atom is -0.292 e. The number of likely N-dealkylation sites (N-methyl/N-ethyl adjacent to an activating group) is 3. The van der Waals surface area contributed by atoms with Crippen LogP contribution in [0.1, 0.15) is 20.8 Å². The standard InChI is InChI=1S/C15H26N6/c1-4-18-8-13(18)11-7-12(14-9-19(14)5-2)17-21(16-11)15-10-20(15)6-3/h7,13-16H,4-6,8-10H2,1-3H3. The molecule has 0 saturated carbocycles. The molecule has 3 saturated heterocycles. The highest BCUT2D eigenvalue weighted by Gasteiger charge is 2.45. The summed E-state index contributed by atoms with van der Waals surface area (Å²) in [6, 6.07) is 1.11. The van der Waals surface area contributed by atoms with Crippen molar-refractivity contribution in [1.29, 1.82) is 0 Å². The fourth-order valence-electron chi connectivity index (χ4n) is 3.34. The van der Waals surface area contributed by atoms with Gasteiger partial charge in [0.25, 0.3) is 0 Å². The zero-order valence-corrected chi connectivity index (χ0v) is 13.3. The van der Waals surface area contributed by atoms with E-state index in [0.717, 1.165) is 32.7 Å². The largest absolute Gasteiger partial charge is 0.292 e. The lowest BCUT2D eigenvalue weighted by atomic mass is 10.2. The van der Waals surface area contributed by atoms with Crippen molar-refractivity contribution in [2.75, 3.05) is 39.3 Å². The van der Waals surface area contributed by atoms with Gasteiger partial charge in [-0.05, 0) is 25.7 Å². The Bertz CT molecular complexity index is 487. The second-order valence-corrected chi connectivity index (χ2v) is 6.36. The van der Waals surface area contributed by atoms with Gasteiger partial charge in [-0.15, -0.1) is 0 Å². The van der Waals surface area contributed by atoms with Gasteiger partial charge in [-0.1, -0.05) is 20.8 Å². The molecule has 0 aromatic heterocycles. The van der Waals surface area contributed by atoms with Gasteiger partial charge in [-0.25, -0.2) is 0 Å². The van der Waals surface area contributed by atoms with Crippen LogP contribution in [0.5, 0.6) is 0 Å². The quantitative estimate of drug-likeness (QED) is 0.703. The molecule has 0 bridgehead atoms. The lowest BCUT2D eigenvalue weighted by molar-refractivity contribution is 0.167. The van der Waals surface area contributed by atoms with Crippen LogP contribution in [0, 0.1) is 0 Å². The number of hydrogen-bond acceptors (Lipinski definition) is 6. The van der Waals surface area contributed by atoms with Crippen LogP contribution in [-0.2, 0) is 0 Å². The minimum absolute atomic E-state index is 0.441. The highest BCUT2D eigenvalue weighted by molar-refractivity contribution is 6.02. The molecule has 4 aliphatic rings. The van der Waals surface area contributed by atoms with E-state index >= 15 is 0 Å². The lowest BCUT2D eigenvalue weighted by Crippen LogP contribution is -2.43. The van der Waals surface area contributed by atoms with E-state index in [2.05, 4.69) is 52.1 Å². The van der Waals surface area contributed by atoms with Crippen molar-refractivity contribution in [2.24, 2.45) is 5.10 Å². The zero-order chi connectivity index (χ0) is 14.6. The van der Waals surface area contributed by atoms with Crippen LogP contribution in [-0.4, -0.2) is 83.0 Å². The van der Waals surface area contributed by atoms with Gasteiger partial charge in [0.1, 0.15) is 6.17 Å². The zero-order valence-electron chi connectivity index (χ0n) is 13.3. The summed E-state index contributed by atoms with van der Waals surface area (Å²) in [6.45, 7) is 13.5. The van der Waals surface area contributed by atoms with Gasteiger partial charge in [0, 0.05) is 19.6 Å². The van der Waals surface area contributed by atoms with Crippen molar-refractivity contribution >= 4 is 5.71 Å². The Morgan fingerprint density at radius 3 is 2.24 bits per heavy atom. The first-order valence-electron chi connectivity index (χ1n) is 8.33. The van der Waals surface area contributed by atoms with Gasteiger partial charge in [0.2, 0.25) is 0 Å². The molecule has 116 valence electrons. The van der Waals surface area contributed by atoms with E-state index < -0.39 is 0 Å². The maximum Gasteiger partial charge on any atom is 0.134 e. The van der Waals surface area contributed by atoms with Crippen LogP contribution in [0.3, 0.4) is 0 Å². The van der Waals surface area contributed by atoms with Gasteiger partial charge in [-0.3, -0.25) is 20.1 Å². The van der Waals surface area contributed by atoms with E-state index in [4.69, 9.17) is 5.10 Å². The number of hydrazine groups is 1. The molecular weight excluding hydrogens is 264 g/mol. The van der Waals surface area contributed by atoms with Crippen LogP contribution in [0.25, 0.3) is 0 Å². The molecule has 1 N–H and O–H groups in total. The molecule has 6 heteroatoms. The van der Waals surface area contributed by atoms with E-state index in [1.54, 1.807) is 0 Å². The summed E-state index contributed by atoms with van der Waals surface area (Å²) in [5, 5.41) is 6.98. The SMILES string of the molecule is CCN1CC1C1=CC(C2CN2CC)=NN(C2CN2CC)N1. The first-order valence-corrected chi connectivity index (χ1v) is 8.33. The van der Waals surface area contributed by atoms with Crippen molar-refractivity contribution in [1.82, 2.24) is 25.2 Å². The van der Waals surface area contributed by atoms with Gasteiger partial charge in [0.15, 0.2) is 0 Å². The second-order valence-electron chi connectivity index (χ2n) is 6.36. The van der Waals surface area contributed by atoms with Crippen molar-refractivity contribution in [3.63, 3.8) is 0 Å². The van der Waals surface area contributed by atoms with Crippen LogP contribution in [0.4, 0.5) is 0 Å². The number of hydrazone groups is 1. The maximum absolute atomic E-state index is 4.87. The molecule has 21 heavy (non-hydrogen) atoms. The molecule has 0 radical (unpaired) electrons. The Morgan fingerprint density at radius 2 is 1.67 bits per heavy atom. The van der Waals surface area contributed by atoms with Gasteiger partial charge < -0.3 is 0 Å². The molecule has 4 heterocycles. The molecule has 3 fully saturated rings. The Kier molecular flexibility index (Phi) is 3.20. The predicted octanol–water partition coefficient (Wildman–Crippen LogP) is 0.116. The molecule has 4 aliphatic heterocycles. The van der Waals surface area contributed by atoms with E-state index in [9.17, 15) is 0 Å². The minimum atomic E-state index is 0.441. The van der Waals surface area contributed by atoms with E-state index in [-0.39, 0.29) is 0 Å². The molecule has 0 aliphatic carbocycles. The predicted molar refractivity (Wildman–Crippen MR) is 83.6 cm³/mol. The van der Waals surface area contributed by atoms with Crippen molar-refractivity contribution < 1.29 is 0 Å². The molecule has 0 spiro atoms. The Hall–Kier alpha value is -1.11. The Balaban J connectivity index is 1.51. The third-order valence-corrected chi connectivity index (χ3v) is 5.09. The summed E-state index contributed by atoms with van der Waals surface area (Å²) in [5.41, 5.74) is 6.14. The maximum atomic E-state index is 4.87. The second kappa shape index (κ2) is 4.97. The third kappa shape index (κ3) is 2.45. The first kappa shape index (κ1) is 13.5. The summed E-state index contributed by atoms with van der Waals surface area (Å²) >= 11 is 0. The average Bonchev–Trinajstić information content (AvgIpc) is 3.40. The van der Waals surface area contributed by atoms with E-state index in [1.165, 1.54) is 18.0 Å². The molecule has 6 atom stereocenters. The molecule has 6 nitrogen and oxygen atoms in total. The normalized spacial score (nSPS) is 43.9. The van der Waals surface area contributed by atoms with Gasteiger partial charge in [0.05, 0.1) is 23.5 Å². The summed E-state index contributed by atoms with van der Waals surface area (Å²) in [6.07, 6.45) is 2.74. The summed E-state index contributed by atoms with van der Waals surface area (Å²) in [4.78, 5) is 7.37. The molecule has 0 aromatic rings. The smallest absolute Gasteiger partial charge is 0.134 e. The monoisotopic (exact) mass is 290 g/mol. The summed E-state index contributed by atoms with van der Waals surface area (Å²) in [7, 11) is 0. The number of rotatable bonds is 6. The van der Waals surface area contributed by atoms with E-state index in [0.29, 0.717) is 18.2 Å². The van der Waals surface area contributed by atoms with E-state index in [1.807, 2.05) is 0 Å². The van der Waals surface area contributed by atoms with Gasteiger partial charge in [-0.2, -0.15) is 10.2 Å². The lowest BCUT2D eigenvalue weighted by Gasteiger charge is -2.28. The average molecular weight is 290 g/mol. The number of nitrogens with zero attached hydrogens (tertiary/aromatic N) is 5.